The Balaban J connectivity index is 2.03. The number of sulfone groups is 1. The number of thiophene rings is 1. The highest BCUT2D eigenvalue weighted by Crippen LogP contribution is 2.40. The molecule has 2 heterocycles. The van der Waals surface area contributed by atoms with Crippen molar-refractivity contribution >= 4 is 43.0 Å². The summed E-state index contributed by atoms with van der Waals surface area (Å²) < 4.78 is 36.0. The second-order valence-electron chi connectivity index (χ2n) is 6.28. The van der Waals surface area contributed by atoms with Crippen LogP contribution in [0.1, 0.15) is 33.8 Å². The van der Waals surface area contributed by atoms with Gasteiger partial charge < -0.3 is 14.4 Å². The summed E-state index contributed by atoms with van der Waals surface area (Å²) in [6.07, 6.45) is 1.18. The highest BCUT2D eigenvalue weighted by atomic mass is 79.9. The molecule has 0 N–H and O–H groups in total. The van der Waals surface area contributed by atoms with E-state index >= 15 is 0 Å². The van der Waals surface area contributed by atoms with Crippen molar-refractivity contribution < 1.29 is 22.7 Å². The number of carbonyl (C=O) groups excluding carboxylic acids is 1. The van der Waals surface area contributed by atoms with Crippen molar-refractivity contribution in [2.45, 2.75) is 19.5 Å². The maximum atomic E-state index is 12.9. The highest BCUT2D eigenvalue weighted by molar-refractivity contribution is 9.10. The fourth-order valence-electron chi connectivity index (χ4n) is 3.13. The molecular formula is C18H20BrNO5S2. The van der Waals surface area contributed by atoms with Crippen molar-refractivity contribution in [3.05, 3.63) is 44.1 Å². The highest BCUT2D eigenvalue weighted by Gasteiger charge is 2.37. The van der Waals surface area contributed by atoms with Crippen molar-refractivity contribution in [1.82, 2.24) is 4.90 Å². The van der Waals surface area contributed by atoms with Crippen molar-refractivity contribution in [1.29, 1.82) is 0 Å². The monoisotopic (exact) mass is 473 g/mol. The van der Waals surface area contributed by atoms with Crippen molar-refractivity contribution in [3.8, 4) is 11.5 Å². The molecule has 0 spiro atoms. The molecule has 9 heteroatoms. The van der Waals surface area contributed by atoms with Gasteiger partial charge in [0.05, 0.1) is 30.4 Å². The lowest BCUT2D eigenvalue weighted by Crippen LogP contribution is -2.33. The number of nitrogens with zero attached hydrogens (tertiary/aromatic N) is 1. The fourth-order valence-corrected chi connectivity index (χ4v) is 5.71. The number of carbonyl (C=O) groups is 1. The van der Waals surface area contributed by atoms with Gasteiger partial charge in [-0.2, -0.15) is 0 Å². The van der Waals surface area contributed by atoms with Gasteiger partial charge in [0.1, 0.15) is 9.84 Å². The number of hydrogen-bond donors (Lipinski definition) is 0. The van der Waals surface area contributed by atoms with Crippen molar-refractivity contribution in [2.24, 2.45) is 0 Å². The summed E-state index contributed by atoms with van der Waals surface area (Å²) in [7, 11) is -1.78. The van der Waals surface area contributed by atoms with Crippen LogP contribution in [0.3, 0.4) is 0 Å². The van der Waals surface area contributed by atoms with E-state index in [1.54, 1.807) is 30.2 Å². The Bertz CT molecular complexity index is 970. The van der Waals surface area contributed by atoms with Gasteiger partial charge in [-0.3, -0.25) is 4.79 Å². The number of ether oxygens (including phenoxy) is 2. The van der Waals surface area contributed by atoms with Crippen LogP contribution in [0, 0.1) is 0 Å². The van der Waals surface area contributed by atoms with Crippen LogP contribution >= 0.6 is 27.3 Å². The maximum Gasteiger partial charge on any atom is 0.265 e. The molecule has 0 fully saturated rings. The molecule has 6 nitrogen and oxygen atoms in total. The molecule has 0 aliphatic carbocycles. The summed E-state index contributed by atoms with van der Waals surface area (Å²) in [6.45, 7) is 2.68. The SMILES string of the molecule is CCOc1cc([C@@H](CS(C)(=O)=O)N2Cc3c(Br)csc3C2=O)ccc1OC. The molecule has 146 valence electrons. The predicted octanol–water partition coefficient (Wildman–Crippen LogP) is 3.66. The largest absolute Gasteiger partial charge is 0.493 e. The van der Waals surface area contributed by atoms with Crippen LogP contribution in [0.15, 0.2) is 28.1 Å². The predicted molar refractivity (Wildman–Crippen MR) is 109 cm³/mol. The number of rotatable bonds is 7. The van der Waals surface area contributed by atoms with Crippen LogP contribution in [0.4, 0.5) is 0 Å². The number of hydrogen-bond acceptors (Lipinski definition) is 6. The van der Waals surface area contributed by atoms with Crippen molar-refractivity contribution in [2.75, 3.05) is 25.7 Å². The number of halogens is 1. The summed E-state index contributed by atoms with van der Waals surface area (Å²) >= 11 is 4.83. The first kappa shape index (κ1) is 20.2. The Hall–Kier alpha value is -1.58. The van der Waals surface area contributed by atoms with Gasteiger partial charge in [0.25, 0.3) is 5.91 Å². The Morgan fingerprint density at radius 3 is 2.67 bits per heavy atom. The van der Waals surface area contributed by atoms with E-state index in [2.05, 4.69) is 15.9 Å². The lowest BCUT2D eigenvalue weighted by atomic mass is 10.1. The summed E-state index contributed by atoms with van der Waals surface area (Å²) in [5.41, 5.74) is 1.60. The minimum absolute atomic E-state index is 0.150. The van der Waals surface area contributed by atoms with Gasteiger partial charge in [-0.25, -0.2) is 8.42 Å². The van der Waals surface area contributed by atoms with Crippen LogP contribution in [-0.2, 0) is 16.4 Å². The third-order valence-electron chi connectivity index (χ3n) is 4.34. The average Bonchev–Trinajstić information content (AvgIpc) is 3.13. The quantitative estimate of drug-likeness (QED) is 0.613. The third-order valence-corrected chi connectivity index (χ3v) is 7.28. The Labute approximate surface area is 171 Å². The van der Waals surface area contributed by atoms with Gasteiger partial charge in [0, 0.05) is 28.2 Å². The molecule has 0 radical (unpaired) electrons. The van der Waals surface area contributed by atoms with E-state index in [1.165, 1.54) is 17.6 Å². The lowest BCUT2D eigenvalue weighted by Gasteiger charge is -2.28. The molecule has 1 aromatic heterocycles. The van der Waals surface area contributed by atoms with E-state index < -0.39 is 15.9 Å². The molecule has 0 saturated heterocycles. The average molecular weight is 474 g/mol. The van der Waals surface area contributed by atoms with Gasteiger partial charge >= 0.3 is 0 Å². The zero-order valence-electron chi connectivity index (χ0n) is 15.2. The first-order valence-corrected chi connectivity index (χ1v) is 12.0. The molecule has 1 aromatic carbocycles. The standard InChI is InChI=1S/C18H20BrNO5S2/c1-4-25-16-7-11(5-6-15(16)24-2)14(10-27(3,22)23)20-8-12-13(19)9-26-17(12)18(20)21/h5-7,9,14H,4,8,10H2,1-3H3/t14-/m1/s1. The summed E-state index contributed by atoms with van der Waals surface area (Å²) in [5, 5.41) is 1.88. The number of fused-ring (bicyclic) bond motifs is 1. The number of amides is 1. The molecule has 1 aliphatic rings. The zero-order valence-corrected chi connectivity index (χ0v) is 18.4. The molecule has 1 atom stereocenters. The maximum absolute atomic E-state index is 12.9. The number of methoxy groups -OCH3 is 1. The van der Waals surface area contributed by atoms with Gasteiger partial charge in [-0.1, -0.05) is 6.07 Å². The van der Waals surface area contributed by atoms with E-state index in [0.29, 0.717) is 35.1 Å². The summed E-state index contributed by atoms with van der Waals surface area (Å²) in [6, 6.07) is 4.67. The molecular weight excluding hydrogens is 454 g/mol. The molecule has 0 unspecified atom stereocenters. The van der Waals surface area contributed by atoms with Crippen LogP contribution in [-0.4, -0.2) is 45.0 Å². The van der Waals surface area contributed by atoms with E-state index in [4.69, 9.17) is 9.47 Å². The van der Waals surface area contributed by atoms with Gasteiger partial charge in [0.2, 0.25) is 0 Å². The van der Waals surface area contributed by atoms with Gasteiger partial charge in [-0.15, -0.1) is 11.3 Å². The Kier molecular flexibility index (Phi) is 5.83. The topological polar surface area (TPSA) is 72.9 Å². The van der Waals surface area contributed by atoms with Crippen LogP contribution in [0.5, 0.6) is 11.5 Å². The van der Waals surface area contributed by atoms with Gasteiger partial charge in [0.15, 0.2) is 11.5 Å². The minimum atomic E-state index is -3.33. The molecule has 1 aliphatic heterocycles. The first-order valence-electron chi connectivity index (χ1n) is 8.30. The third kappa shape index (κ3) is 4.14. The molecule has 1 amide bonds. The molecule has 0 saturated carbocycles. The Morgan fingerprint density at radius 2 is 2.07 bits per heavy atom. The molecule has 3 rings (SSSR count). The zero-order chi connectivity index (χ0) is 19.8. The summed E-state index contributed by atoms with van der Waals surface area (Å²) in [5.74, 6) is 0.776. The van der Waals surface area contributed by atoms with E-state index in [9.17, 15) is 13.2 Å². The van der Waals surface area contributed by atoms with E-state index in [0.717, 1.165) is 10.0 Å². The second kappa shape index (κ2) is 7.81. The smallest absolute Gasteiger partial charge is 0.265 e. The second-order valence-corrected chi connectivity index (χ2v) is 10.2. The normalized spacial score (nSPS) is 15.0. The molecule has 0 bridgehead atoms. The van der Waals surface area contributed by atoms with E-state index in [1.807, 2.05) is 12.3 Å². The van der Waals surface area contributed by atoms with Crippen molar-refractivity contribution in [3.63, 3.8) is 0 Å². The molecule has 2 aromatic rings. The van der Waals surface area contributed by atoms with Crippen LogP contribution < -0.4 is 9.47 Å². The van der Waals surface area contributed by atoms with Gasteiger partial charge in [-0.05, 0) is 40.5 Å². The van der Waals surface area contributed by atoms with E-state index in [-0.39, 0.29) is 11.7 Å². The number of benzene rings is 1. The van der Waals surface area contributed by atoms with Crippen LogP contribution in [0.2, 0.25) is 0 Å². The fraction of sp³-hybridized carbons (Fsp3) is 0.389. The molecule has 27 heavy (non-hydrogen) atoms. The Morgan fingerprint density at radius 1 is 1.33 bits per heavy atom. The van der Waals surface area contributed by atoms with Crippen LogP contribution in [0.25, 0.3) is 0 Å². The lowest BCUT2D eigenvalue weighted by molar-refractivity contribution is 0.0721. The first-order chi connectivity index (χ1) is 12.7. The summed E-state index contributed by atoms with van der Waals surface area (Å²) in [4.78, 5) is 15.2. The minimum Gasteiger partial charge on any atom is -0.493 e.